The maximum absolute atomic E-state index is 12.0. The van der Waals surface area contributed by atoms with Crippen molar-refractivity contribution < 1.29 is 28.8 Å². The van der Waals surface area contributed by atoms with Crippen LogP contribution < -0.4 is 24.1 Å². The third-order valence-corrected chi connectivity index (χ3v) is 6.11. The molecule has 0 unspecified atom stereocenters. The lowest BCUT2D eigenvalue weighted by Gasteiger charge is -2.11. The fourth-order valence-electron chi connectivity index (χ4n) is 3.39. The summed E-state index contributed by atoms with van der Waals surface area (Å²) in [7, 11) is 4.72. The van der Waals surface area contributed by atoms with Gasteiger partial charge in [-0.05, 0) is 42.0 Å². The second-order valence-corrected chi connectivity index (χ2v) is 8.07. The van der Waals surface area contributed by atoms with Crippen LogP contribution in [0.5, 0.6) is 28.7 Å². The Morgan fingerprint density at radius 2 is 1.48 bits per heavy atom. The molecule has 4 aromatic rings. The molecule has 0 radical (unpaired) electrons. The van der Waals surface area contributed by atoms with E-state index in [2.05, 4.69) is 0 Å². The molecule has 0 aliphatic rings. The molecule has 7 heteroatoms. The summed E-state index contributed by atoms with van der Waals surface area (Å²) in [6.07, 6.45) is 1.58. The number of hydrogen-bond acceptors (Lipinski definition) is 7. The number of carbonyl (C=O) groups is 1. The molecular weight excluding hydrogens is 440 g/mol. The van der Waals surface area contributed by atoms with E-state index in [0.29, 0.717) is 39.2 Å². The van der Waals surface area contributed by atoms with Crippen LogP contribution in [0.25, 0.3) is 21.7 Å². The number of hydrogen-bond donors (Lipinski definition) is 0. The molecular formula is C26H21O6S-. The van der Waals surface area contributed by atoms with E-state index >= 15 is 0 Å². The topological polar surface area (TPSA) is 77.1 Å². The molecule has 1 heterocycles. The van der Waals surface area contributed by atoms with Gasteiger partial charge in [-0.1, -0.05) is 30.3 Å². The fraction of sp³-hybridized carbons (Fsp3) is 0.115. The molecule has 0 saturated heterocycles. The summed E-state index contributed by atoms with van der Waals surface area (Å²) < 4.78 is 23.2. The highest BCUT2D eigenvalue weighted by Crippen LogP contribution is 2.46. The van der Waals surface area contributed by atoms with Crippen molar-refractivity contribution in [3.05, 3.63) is 77.2 Å². The summed E-state index contributed by atoms with van der Waals surface area (Å²) in [6.45, 7) is 0. The van der Waals surface area contributed by atoms with Gasteiger partial charge in [-0.3, -0.25) is 0 Å². The number of benzene rings is 3. The van der Waals surface area contributed by atoms with Gasteiger partial charge in [0.25, 0.3) is 0 Å². The zero-order chi connectivity index (χ0) is 23.4. The number of carboxylic acids is 1. The van der Waals surface area contributed by atoms with Gasteiger partial charge < -0.3 is 28.8 Å². The van der Waals surface area contributed by atoms with Crippen molar-refractivity contribution >= 4 is 39.0 Å². The van der Waals surface area contributed by atoms with Gasteiger partial charge >= 0.3 is 0 Å². The summed E-state index contributed by atoms with van der Waals surface area (Å²) in [4.78, 5) is 12.6. The lowest BCUT2D eigenvalue weighted by Crippen LogP contribution is -2.23. The maximum atomic E-state index is 12.0. The van der Waals surface area contributed by atoms with Crippen LogP contribution in [0.4, 0.5) is 0 Å². The number of ether oxygens (including phenoxy) is 4. The van der Waals surface area contributed by atoms with Crippen molar-refractivity contribution in [1.82, 2.24) is 0 Å². The van der Waals surface area contributed by atoms with Gasteiger partial charge in [0.05, 0.1) is 32.2 Å². The standard InChI is InChI=1S/C26H22O6S/c1-29-17-9-11-18(12-10-17)32-25-20-13-21(30-2)22(31-3)15-23(20)33-24(25)14-19(26(27)28)16-7-5-4-6-8-16/h4-15H,1-3H3,(H,27,28)/p-1/b19-14+. The molecule has 0 amide bonds. The van der Waals surface area contributed by atoms with Crippen LogP contribution in [0.2, 0.25) is 0 Å². The highest BCUT2D eigenvalue weighted by atomic mass is 32.1. The van der Waals surface area contributed by atoms with Gasteiger partial charge in [-0.2, -0.15) is 0 Å². The number of rotatable bonds is 8. The smallest absolute Gasteiger partial charge is 0.162 e. The first kappa shape index (κ1) is 22.2. The van der Waals surface area contributed by atoms with Gasteiger partial charge in [-0.15, -0.1) is 11.3 Å². The minimum Gasteiger partial charge on any atom is -0.545 e. The number of methoxy groups -OCH3 is 3. The van der Waals surface area contributed by atoms with Crippen LogP contribution in [-0.2, 0) is 4.79 Å². The van der Waals surface area contributed by atoms with Crippen molar-refractivity contribution in [1.29, 1.82) is 0 Å². The summed E-state index contributed by atoms with van der Waals surface area (Å²) in [6, 6.07) is 19.7. The number of carboxylic acid groups (broad SMARTS) is 1. The third-order valence-electron chi connectivity index (χ3n) is 5.03. The fourth-order valence-corrected chi connectivity index (χ4v) is 4.48. The third kappa shape index (κ3) is 4.63. The average molecular weight is 462 g/mol. The number of carbonyl (C=O) groups excluding carboxylic acids is 1. The Balaban J connectivity index is 1.91. The van der Waals surface area contributed by atoms with Crippen LogP contribution in [0.3, 0.4) is 0 Å². The zero-order valence-corrected chi connectivity index (χ0v) is 19.1. The van der Waals surface area contributed by atoms with Crippen molar-refractivity contribution in [2.45, 2.75) is 0 Å². The van der Waals surface area contributed by atoms with Crippen LogP contribution in [-0.4, -0.2) is 27.3 Å². The first-order valence-corrected chi connectivity index (χ1v) is 10.8. The highest BCUT2D eigenvalue weighted by molar-refractivity contribution is 7.20. The van der Waals surface area contributed by atoms with Crippen LogP contribution in [0, 0.1) is 0 Å². The summed E-state index contributed by atoms with van der Waals surface area (Å²) >= 11 is 1.39. The summed E-state index contributed by atoms with van der Waals surface area (Å²) in [5.41, 5.74) is 0.598. The quantitative estimate of drug-likeness (QED) is 0.343. The van der Waals surface area contributed by atoms with Gasteiger partial charge in [0, 0.05) is 21.7 Å². The molecule has 0 aliphatic heterocycles. The van der Waals surface area contributed by atoms with E-state index in [-0.39, 0.29) is 5.57 Å². The molecule has 4 rings (SSSR count). The Bertz CT molecular complexity index is 1310. The van der Waals surface area contributed by atoms with E-state index in [0.717, 1.165) is 10.1 Å². The van der Waals surface area contributed by atoms with Gasteiger partial charge in [0.2, 0.25) is 0 Å². The lowest BCUT2D eigenvalue weighted by atomic mass is 10.1. The summed E-state index contributed by atoms with van der Waals surface area (Å²) in [5, 5.41) is 12.8. The molecule has 0 N–H and O–H groups in total. The predicted octanol–water partition coefficient (Wildman–Crippen LogP) is 5.01. The Labute approximate surface area is 195 Å². The minimum absolute atomic E-state index is 0.0562. The zero-order valence-electron chi connectivity index (χ0n) is 18.3. The number of thiophene rings is 1. The Morgan fingerprint density at radius 3 is 2.09 bits per heavy atom. The van der Waals surface area contributed by atoms with E-state index in [1.165, 1.54) is 11.3 Å². The molecule has 0 aliphatic carbocycles. The molecule has 0 spiro atoms. The molecule has 3 aromatic carbocycles. The minimum atomic E-state index is -1.27. The van der Waals surface area contributed by atoms with Crippen molar-refractivity contribution in [2.24, 2.45) is 0 Å². The van der Waals surface area contributed by atoms with E-state index in [4.69, 9.17) is 18.9 Å². The molecule has 168 valence electrons. The molecule has 1 aromatic heterocycles. The van der Waals surface area contributed by atoms with Gasteiger partial charge in [0.15, 0.2) is 17.2 Å². The number of aliphatic carboxylic acids is 1. The van der Waals surface area contributed by atoms with Gasteiger partial charge in [0.1, 0.15) is 11.5 Å². The Hall–Kier alpha value is -3.97. The molecule has 0 atom stereocenters. The van der Waals surface area contributed by atoms with E-state index in [1.54, 1.807) is 75.9 Å². The average Bonchev–Trinajstić information content (AvgIpc) is 3.18. The normalized spacial score (nSPS) is 11.3. The summed E-state index contributed by atoms with van der Waals surface area (Å²) in [5.74, 6) is 1.63. The lowest BCUT2D eigenvalue weighted by molar-refractivity contribution is -0.295. The van der Waals surface area contributed by atoms with E-state index < -0.39 is 5.97 Å². The molecule has 0 bridgehead atoms. The van der Waals surface area contributed by atoms with Crippen molar-refractivity contribution in [3.8, 4) is 28.7 Å². The second-order valence-electron chi connectivity index (χ2n) is 6.99. The largest absolute Gasteiger partial charge is 0.545 e. The van der Waals surface area contributed by atoms with Crippen molar-refractivity contribution in [2.75, 3.05) is 21.3 Å². The van der Waals surface area contributed by atoms with Crippen molar-refractivity contribution in [3.63, 3.8) is 0 Å². The van der Waals surface area contributed by atoms with Gasteiger partial charge in [-0.25, -0.2) is 0 Å². The Morgan fingerprint density at radius 1 is 0.848 bits per heavy atom. The molecule has 0 saturated carbocycles. The van der Waals surface area contributed by atoms with Crippen LogP contribution >= 0.6 is 11.3 Å². The first-order valence-electron chi connectivity index (χ1n) is 10.0. The Kier molecular flexibility index (Phi) is 6.51. The first-order chi connectivity index (χ1) is 16.0. The highest BCUT2D eigenvalue weighted by Gasteiger charge is 2.18. The monoisotopic (exact) mass is 461 g/mol. The predicted molar refractivity (Wildman–Crippen MR) is 127 cm³/mol. The van der Waals surface area contributed by atoms with E-state index in [9.17, 15) is 9.90 Å². The van der Waals surface area contributed by atoms with Crippen LogP contribution in [0.15, 0.2) is 66.7 Å². The van der Waals surface area contributed by atoms with E-state index in [1.807, 2.05) is 18.2 Å². The molecule has 0 fully saturated rings. The number of fused-ring (bicyclic) bond motifs is 1. The maximum Gasteiger partial charge on any atom is 0.162 e. The molecule has 33 heavy (non-hydrogen) atoms. The molecule has 6 nitrogen and oxygen atoms in total. The van der Waals surface area contributed by atoms with Crippen LogP contribution in [0.1, 0.15) is 10.4 Å². The SMILES string of the molecule is COc1ccc(Oc2c(/C=C(/C(=O)[O-])c3ccccc3)sc3cc(OC)c(OC)cc23)cc1. The second kappa shape index (κ2) is 9.67.